The van der Waals surface area contributed by atoms with E-state index < -0.39 is 23.3 Å². The lowest BCUT2D eigenvalue weighted by molar-refractivity contribution is -0.141. The summed E-state index contributed by atoms with van der Waals surface area (Å²) in [5, 5.41) is 2.51. The third-order valence-corrected chi connectivity index (χ3v) is 3.74. The first-order valence-electron chi connectivity index (χ1n) is 8.02. The number of aromatic nitrogens is 1. The summed E-state index contributed by atoms with van der Waals surface area (Å²) in [6.07, 6.45) is -0.351. The number of alkyl halides is 3. The van der Waals surface area contributed by atoms with Gasteiger partial charge in [0, 0.05) is 5.69 Å². The van der Waals surface area contributed by atoms with Gasteiger partial charge in [0.1, 0.15) is 11.3 Å². The molecule has 0 bridgehead atoms. The number of H-pyrrole nitrogens is 1. The van der Waals surface area contributed by atoms with Crippen LogP contribution in [0.3, 0.4) is 0 Å². The molecule has 0 spiro atoms. The van der Waals surface area contributed by atoms with Gasteiger partial charge in [-0.3, -0.25) is 9.59 Å². The van der Waals surface area contributed by atoms with Gasteiger partial charge in [0.15, 0.2) is 0 Å². The lowest BCUT2D eigenvalue weighted by atomic mass is 10.1. The van der Waals surface area contributed by atoms with E-state index in [1.54, 1.807) is 17.1 Å². The van der Waals surface area contributed by atoms with Crippen LogP contribution in [-0.2, 0) is 12.6 Å². The van der Waals surface area contributed by atoms with Crippen LogP contribution in [0.5, 0.6) is 0 Å². The number of hydrogen-bond acceptors (Lipinski definition) is 2. The van der Waals surface area contributed by atoms with Crippen molar-refractivity contribution < 1.29 is 18.0 Å². The van der Waals surface area contributed by atoms with Crippen molar-refractivity contribution in [1.82, 2.24) is 4.98 Å². The van der Waals surface area contributed by atoms with Crippen LogP contribution in [-0.4, -0.2) is 10.9 Å². The van der Waals surface area contributed by atoms with Crippen molar-refractivity contribution in [1.29, 1.82) is 0 Å². The number of rotatable bonds is 6. The zero-order valence-corrected chi connectivity index (χ0v) is 13.7. The summed E-state index contributed by atoms with van der Waals surface area (Å²) in [6, 6.07) is 8.71. The number of nitrogens with one attached hydrogen (secondary N) is 2. The summed E-state index contributed by atoms with van der Waals surface area (Å²) in [4.78, 5) is 25.5. The Kier molecular flexibility index (Phi) is 6.01. The molecule has 7 heteroatoms. The van der Waals surface area contributed by atoms with Crippen LogP contribution in [0.1, 0.15) is 47.8 Å². The largest absolute Gasteiger partial charge is 0.431 e. The smallest absolute Gasteiger partial charge is 0.322 e. The van der Waals surface area contributed by atoms with Crippen molar-refractivity contribution >= 4 is 11.6 Å². The summed E-state index contributed by atoms with van der Waals surface area (Å²) in [6.45, 7) is 2.13. The van der Waals surface area contributed by atoms with E-state index in [1.165, 1.54) is 0 Å². The molecule has 0 radical (unpaired) electrons. The Morgan fingerprint density at radius 3 is 2.32 bits per heavy atom. The maximum atomic E-state index is 12.5. The molecule has 1 aromatic heterocycles. The molecule has 1 amide bonds. The van der Waals surface area contributed by atoms with Crippen LogP contribution >= 0.6 is 0 Å². The van der Waals surface area contributed by atoms with Crippen molar-refractivity contribution in [2.75, 3.05) is 5.32 Å². The highest BCUT2D eigenvalue weighted by Gasteiger charge is 2.32. The number of halogens is 3. The van der Waals surface area contributed by atoms with Crippen LogP contribution < -0.4 is 10.9 Å². The summed E-state index contributed by atoms with van der Waals surface area (Å²) in [5.74, 6) is -0.756. The van der Waals surface area contributed by atoms with E-state index in [2.05, 4.69) is 12.2 Å². The Balaban J connectivity index is 2.06. The molecular formula is C18H19F3N2O2. The molecule has 0 aliphatic carbocycles. The number of aromatic amines is 1. The van der Waals surface area contributed by atoms with E-state index in [0.29, 0.717) is 11.8 Å². The van der Waals surface area contributed by atoms with E-state index in [4.69, 9.17) is 0 Å². The average molecular weight is 352 g/mol. The first-order valence-corrected chi connectivity index (χ1v) is 8.02. The molecule has 25 heavy (non-hydrogen) atoms. The number of aryl methyl sites for hydroxylation is 1. The molecule has 4 nitrogen and oxygen atoms in total. The summed E-state index contributed by atoms with van der Waals surface area (Å²) < 4.78 is 37.6. The van der Waals surface area contributed by atoms with Gasteiger partial charge in [0.2, 0.25) is 0 Å². The predicted octanol–water partition coefficient (Wildman–Crippen LogP) is 4.38. The fourth-order valence-electron chi connectivity index (χ4n) is 2.35. The monoisotopic (exact) mass is 352 g/mol. The Hall–Kier alpha value is -2.57. The minimum absolute atomic E-state index is 0.375. The normalized spacial score (nSPS) is 11.4. The molecule has 0 aliphatic rings. The molecule has 0 aliphatic heterocycles. The summed E-state index contributed by atoms with van der Waals surface area (Å²) in [5.41, 5.74) is -1.03. The number of carbonyl (C=O) groups is 1. The standard InChI is InChI=1S/C18H19F3N2O2/c1-2-3-4-5-12-6-8-13(9-7-12)22-16(24)14-10-11-15(18(19,20)21)23-17(14)25/h6-11H,2-5H2,1H3,(H,22,24)(H,23,25). The molecule has 0 unspecified atom stereocenters. The van der Waals surface area contributed by atoms with Gasteiger partial charge >= 0.3 is 6.18 Å². The molecule has 2 N–H and O–H groups in total. The fourth-order valence-corrected chi connectivity index (χ4v) is 2.35. The van der Waals surface area contributed by atoms with Crippen molar-refractivity contribution in [3.05, 3.63) is 63.6 Å². The molecular weight excluding hydrogens is 333 g/mol. The fraction of sp³-hybridized carbons (Fsp3) is 0.333. The first-order chi connectivity index (χ1) is 11.8. The molecule has 134 valence electrons. The van der Waals surface area contributed by atoms with Gasteiger partial charge in [0.05, 0.1) is 0 Å². The van der Waals surface area contributed by atoms with E-state index in [-0.39, 0.29) is 5.56 Å². The molecule has 0 fully saturated rings. The highest BCUT2D eigenvalue weighted by molar-refractivity contribution is 6.03. The van der Waals surface area contributed by atoms with E-state index in [0.717, 1.165) is 37.3 Å². The highest BCUT2D eigenvalue weighted by atomic mass is 19.4. The SMILES string of the molecule is CCCCCc1ccc(NC(=O)c2ccc(C(F)(F)F)[nH]c2=O)cc1. The van der Waals surface area contributed by atoms with Crippen molar-refractivity contribution in [2.45, 2.75) is 38.8 Å². The lowest BCUT2D eigenvalue weighted by Gasteiger charge is -2.08. The Bertz CT molecular complexity index is 780. The number of anilines is 1. The summed E-state index contributed by atoms with van der Waals surface area (Å²) >= 11 is 0. The number of unbranched alkanes of at least 4 members (excludes halogenated alkanes) is 2. The van der Waals surface area contributed by atoms with Gasteiger partial charge in [0.25, 0.3) is 11.5 Å². The lowest BCUT2D eigenvalue weighted by Crippen LogP contribution is -2.25. The minimum atomic E-state index is -4.66. The second-order valence-electron chi connectivity index (χ2n) is 5.72. The molecule has 1 aromatic carbocycles. The van der Waals surface area contributed by atoms with Gasteiger partial charge in [-0.2, -0.15) is 13.2 Å². The number of carbonyl (C=O) groups excluding carboxylic acids is 1. The zero-order chi connectivity index (χ0) is 18.4. The molecule has 0 saturated carbocycles. The number of pyridine rings is 1. The van der Waals surface area contributed by atoms with E-state index >= 15 is 0 Å². The number of benzene rings is 1. The molecule has 0 atom stereocenters. The third kappa shape index (κ3) is 5.20. The van der Waals surface area contributed by atoms with Gasteiger partial charge in [-0.1, -0.05) is 31.9 Å². The van der Waals surface area contributed by atoms with Crippen molar-refractivity contribution in [2.24, 2.45) is 0 Å². The van der Waals surface area contributed by atoms with Crippen LogP contribution in [0.25, 0.3) is 0 Å². The Morgan fingerprint density at radius 2 is 1.76 bits per heavy atom. The topological polar surface area (TPSA) is 62.0 Å². The van der Waals surface area contributed by atoms with Gasteiger partial charge in [-0.15, -0.1) is 0 Å². The Morgan fingerprint density at radius 1 is 1.08 bits per heavy atom. The van der Waals surface area contributed by atoms with Crippen molar-refractivity contribution in [3.8, 4) is 0 Å². The summed E-state index contributed by atoms with van der Waals surface area (Å²) in [7, 11) is 0. The van der Waals surface area contributed by atoms with Gasteiger partial charge < -0.3 is 10.3 Å². The minimum Gasteiger partial charge on any atom is -0.322 e. The maximum absolute atomic E-state index is 12.5. The molecule has 2 aromatic rings. The quantitative estimate of drug-likeness (QED) is 0.758. The van der Waals surface area contributed by atoms with E-state index in [1.807, 2.05) is 12.1 Å². The van der Waals surface area contributed by atoms with Crippen LogP contribution in [0.2, 0.25) is 0 Å². The number of amides is 1. The average Bonchev–Trinajstić information content (AvgIpc) is 2.55. The van der Waals surface area contributed by atoms with Gasteiger partial charge in [-0.25, -0.2) is 0 Å². The third-order valence-electron chi connectivity index (χ3n) is 3.74. The van der Waals surface area contributed by atoms with Crippen LogP contribution in [0.4, 0.5) is 18.9 Å². The van der Waals surface area contributed by atoms with Crippen LogP contribution in [0, 0.1) is 0 Å². The number of hydrogen-bond donors (Lipinski definition) is 2. The second-order valence-corrected chi connectivity index (χ2v) is 5.72. The van der Waals surface area contributed by atoms with Crippen molar-refractivity contribution in [3.63, 3.8) is 0 Å². The molecule has 2 rings (SSSR count). The predicted molar refractivity (Wildman–Crippen MR) is 89.7 cm³/mol. The molecule has 1 heterocycles. The first kappa shape index (κ1) is 18.8. The zero-order valence-electron chi connectivity index (χ0n) is 13.7. The highest BCUT2D eigenvalue weighted by Crippen LogP contribution is 2.26. The maximum Gasteiger partial charge on any atom is 0.431 e. The second kappa shape index (κ2) is 8.00. The molecule has 0 saturated heterocycles. The van der Waals surface area contributed by atoms with E-state index in [9.17, 15) is 22.8 Å². The van der Waals surface area contributed by atoms with Gasteiger partial charge in [-0.05, 0) is 42.7 Å². The Labute approximate surface area is 143 Å². The van der Waals surface area contributed by atoms with Crippen LogP contribution in [0.15, 0.2) is 41.2 Å².